The van der Waals surface area contributed by atoms with Crippen LogP contribution >= 0.6 is 0 Å². The Morgan fingerprint density at radius 3 is 2.65 bits per heavy atom. The number of hydrogen-bond donors (Lipinski definition) is 1. The fraction of sp³-hybridized carbons (Fsp3) is 0.500. The van der Waals surface area contributed by atoms with Gasteiger partial charge in [-0.25, -0.2) is 0 Å². The maximum atomic E-state index is 9.11. The summed E-state index contributed by atoms with van der Waals surface area (Å²) in [4.78, 5) is 0. The van der Waals surface area contributed by atoms with E-state index in [0.717, 1.165) is 12.0 Å². The minimum atomic E-state index is -0.841. The first-order valence-corrected chi connectivity index (χ1v) is 5.91. The third kappa shape index (κ3) is 6.06. The number of aliphatic hydroxyl groups excluding tert-OH is 1. The van der Waals surface area contributed by atoms with E-state index in [-0.39, 0.29) is 0 Å². The van der Waals surface area contributed by atoms with E-state index in [1.165, 1.54) is 0 Å². The lowest BCUT2D eigenvalue weighted by molar-refractivity contribution is 0.0846. The second kappa shape index (κ2) is 7.83. The van der Waals surface area contributed by atoms with Crippen LogP contribution in [0, 0.1) is 17.2 Å². The van der Waals surface area contributed by atoms with E-state index >= 15 is 0 Å². The zero-order valence-electron chi connectivity index (χ0n) is 10.2. The third-order valence-electron chi connectivity index (χ3n) is 2.60. The highest BCUT2D eigenvalue weighted by molar-refractivity contribution is 5.13. The van der Waals surface area contributed by atoms with E-state index in [0.29, 0.717) is 25.6 Å². The van der Waals surface area contributed by atoms with Crippen LogP contribution in [0.2, 0.25) is 0 Å². The molecule has 0 spiro atoms. The molecule has 2 unspecified atom stereocenters. The molecule has 0 saturated heterocycles. The van der Waals surface area contributed by atoms with E-state index in [1.807, 2.05) is 36.4 Å². The Morgan fingerprint density at radius 1 is 1.29 bits per heavy atom. The second-order valence-corrected chi connectivity index (χ2v) is 4.33. The van der Waals surface area contributed by atoms with Crippen LogP contribution in [0.4, 0.5) is 0 Å². The summed E-state index contributed by atoms with van der Waals surface area (Å²) in [6.45, 7) is 3.34. The van der Waals surface area contributed by atoms with Gasteiger partial charge < -0.3 is 9.84 Å². The Balaban J connectivity index is 2.12. The van der Waals surface area contributed by atoms with Crippen LogP contribution in [0.15, 0.2) is 30.3 Å². The van der Waals surface area contributed by atoms with Crippen molar-refractivity contribution in [1.29, 1.82) is 5.26 Å². The van der Waals surface area contributed by atoms with E-state index in [2.05, 4.69) is 6.92 Å². The summed E-state index contributed by atoms with van der Waals surface area (Å²) in [5.74, 6) is 0.363. The highest BCUT2D eigenvalue weighted by Gasteiger charge is 2.07. The second-order valence-electron chi connectivity index (χ2n) is 4.33. The topological polar surface area (TPSA) is 53.2 Å². The summed E-state index contributed by atoms with van der Waals surface area (Å²) in [5.41, 5.74) is 1.16. The van der Waals surface area contributed by atoms with Crippen molar-refractivity contribution in [2.45, 2.75) is 32.5 Å². The highest BCUT2D eigenvalue weighted by Crippen LogP contribution is 2.09. The van der Waals surface area contributed by atoms with Gasteiger partial charge in [-0.15, -0.1) is 0 Å². The van der Waals surface area contributed by atoms with Crippen molar-refractivity contribution in [3.05, 3.63) is 35.9 Å². The highest BCUT2D eigenvalue weighted by atomic mass is 16.5. The lowest BCUT2D eigenvalue weighted by Gasteiger charge is -2.12. The van der Waals surface area contributed by atoms with Crippen LogP contribution < -0.4 is 0 Å². The van der Waals surface area contributed by atoms with Crippen molar-refractivity contribution in [1.82, 2.24) is 0 Å². The molecular formula is C14H19NO2. The maximum absolute atomic E-state index is 9.11. The minimum absolute atomic E-state index is 0.363. The van der Waals surface area contributed by atoms with Gasteiger partial charge in [0.2, 0.25) is 0 Å². The Morgan fingerprint density at radius 2 is 2.00 bits per heavy atom. The molecule has 0 heterocycles. The SMILES string of the molecule is CC(CCC(O)C#N)COCc1ccccc1. The molecule has 92 valence electrons. The van der Waals surface area contributed by atoms with Crippen LogP contribution in [0.1, 0.15) is 25.3 Å². The first-order chi connectivity index (χ1) is 8.22. The molecule has 3 nitrogen and oxygen atoms in total. The first kappa shape index (κ1) is 13.7. The number of ether oxygens (including phenoxy) is 1. The van der Waals surface area contributed by atoms with Gasteiger partial charge in [0.1, 0.15) is 6.10 Å². The Kier molecular flexibility index (Phi) is 6.31. The number of benzene rings is 1. The number of aliphatic hydroxyl groups is 1. The van der Waals surface area contributed by atoms with E-state index in [9.17, 15) is 0 Å². The summed E-state index contributed by atoms with van der Waals surface area (Å²) in [6.07, 6.45) is 0.488. The molecule has 1 N–H and O–H groups in total. The fourth-order valence-corrected chi connectivity index (χ4v) is 1.54. The number of hydrogen-bond acceptors (Lipinski definition) is 3. The minimum Gasteiger partial charge on any atom is -0.378 e. The maximum Gasteiger partial charge on any atom is 0.140 e. The first-order valence-electron chi connectivity index (χ1n) is 5.91. The molecule has 17 heavy (non-hydrogen) atoms. The Hall–Kier alpha value is -1.37. The number of nitrogens with zero attached hydrogens (tertiary/aromatic N) is 1. The molecule has 0 aliphatic heterocycles. The molecule has 0 fully saturated rings. The van der Waals surface area contributed by atoms with Gasteiger partial charge in [-0.3, -0.25) is 0 Å². The molecule has 0 bridgehead atoms. The van der Waals surface area contributed by atoms with E-state index < -0.39 is 6.10 Å². The molecule has 0 saturated carbocycles. The lowest BCUT2D eigenvalue weighted by atomic mass is 10.0. The van der Waals surface area contributed by atoms with Crippen molar-refractivity contribution >= 4 is 0 Å². The summed E-state index contributed by atoms with van der Waals surface area (Å²) in [6, 6.07) is 11.8. The zero-order chi connectivity index (χ0) is 12.5. The van der Waals surface area contributed by atoms with Gasteiger partial charge in [0, 0.05) is 6.61 Å². The van der Waals surface area contributed by atoms with Crippen molar-refractivity contribution in [3.8, 4) is 6.07 Å². The molecule has 0 aliphatic carbocycles. The summed E-state index contributed by atoms with van der Waals surface area (Å²) < 4.78 is 5.58. The molecule has 3 heteroatoms. The predicted molar refractivity (Wildman–Crippen MR) is 66.1 cm³/mol. The standard InChI is InChI=1S/C14H19NO2/c1-12(7-8-14(16)9-15)10-17-11-13-5-3-2-4-6-13/h2-6,12,14,16H,7-8,10-11H2,1H3. The molecule has 1 aromatic carbocycles. The summed E-state index contributed by atoms with van der Waals surface area (Å²) >= 11 is 0. The molecule has 2 atom stereocenters. The lowest BCUT2D eigenvalue weighted by Crippen LogP contribution is -2.10. The van der Waals surface area contributed by atoms with Crippen LogP contribution in [0.3, 0.4) is 0 Å². The fourth-order valence-electron chi connectivity index (χ4n) is 1.54. The molecule has 0 aliphatic rings. The van der Waals surface area contributed by atoms with Gasteiger partial charge in [0.15, 0.2) is 0 Å². The molecular weight excluding hydrogens is 214 g/mol. The van der Waals surface area contributed by atoms with Crippen molar-refractivity contribution in [2.75, 3.05) is 6.61 Å². The van der Waals surface area contributed by atoms with Crippen LogP contribution in [0.5, 0.6) is 0 Å². The third-order valence-corrected chi connectivity index (χ3v) is 2.60. The van der Waals surface area contributed by atoms with Gasteiger partial charge >= 0.3 is 0 Å². The van der Waals surface area contributed by atoms with E-state index in [4.69, 9.17) is 15.1 Å². The molecule has 0 radical (unpaired) electrons. The van der Waals surface area contributed by atoms with Gasteiger partial charge in [-0.2, -0.15) is 5.26 Å². The van der Waals surface area contributed by atoms with Gasteiger partial charge in [0.25, 0.3) is 0 Å². The smallest absolute Gasteiger partial charge is 0.140 e. The monoisotopic (exact) mass is 233 g/mol. The van der Waals surface area contributed by atoms with Gasteiger partial charge in [-0.05, 0) is 24.3 Å². The summed E-state index contributed by atoms with van der Waals surface area (Å²) in [7, 11) is 0. The summed E-state index contributed by atoms with van der Waals surface area (Å²) in [5, 5.41) is 17.5. The molecule has 0 amide bonds. The Bertz CT molecular complexity index is 345. The average Bonchev–Trinajstić information content (AvgIpc) is 2.37. The van der Waals surface area contributed by atoms with Crippen LogP contribution in [-0.2, 0) is 11.3 Å². The largest absolute Gasteiger partial charge is 0.378 e. The predicted octanol–water partition coefficient (Wildman–Crippen LogP) is 2.50. The quantitative estimate of drug-likeness (QED) is 0.736. The average molecular weight is 233 g/mol. The number of rotatable bonds is 7. The van der Waals surface area contributed by atoms with Crippen molar-refractivity contribution in [3.63, 3.8) is 0 Å². The Labute approximate surface area is 103 Å². The van der Waals surface area contributed by atoms with Crippen molar-refractivity contribution < 1.29 is 9.84 Å². The van der Waals surface area contributed by atoms with Crippen LogP contribution in [-0.4, -0.2) is 17.8 Å². The number of nitriles is 1. The van der Waals surface area contributed by atoms with E-state index in [1.54, 1.807) is 0 Å². The molecule has 1 rings (SSSR count). The van der Waals surface area contributed by atoms with Gasteiger partial charge in [0.05, 0.1) is 12.7 Å². The van der Waals surface area contributed by atoms with Crippen LogP contribution in [0.25, 0.3) is 0 Å². The van der Waals surface area contributed by atoms with Gasteiger partial charge in [-0.1, -0.05) is 37.3 Å². The molecule has 0 aromatic heterocycles. The normalized spacial score (nSPS) is 13.9. The van der Waals surface area contributed by atoms with Crippen molar-refractivity contribution in [2.24, 2.45) is 5.92 Å². The molecule has 1 aromatic rings. The zero-order valence-corrected chi connectivity index (χ0v) is 10.2.